The van der Waals surface area contributed by atoms with Crippen molar-refractivity contribution < 1.29 is 0 Å². The maximum Gasteiger partial charge on any atom is 0.0243 e. The Labute approximate surface area is 56.8 Å². The van der Waals surface area contributed by atoms with Crippen molar-refractivity contribution in [2.45, 2.75) is 32.2 Å². The van der Waals surface area contributed by atoms with Crippen LogP contribution in [-0.2, 0) is 0 Å². The normalized spacial score (nSPS) is 25.2. The lowest BCUT2D eigenvalue weighted by Gasteiger charge is -2.02. The summed E-state index contributed by atoms with van der Waals surface area (Å²) in [6.07, 6.45) is 3.68. The van der Waals surface area contributed by atoms with Crippen molar-refractivity contribution in [2.24, 2.45) is 0 Å². The smallest absolute Gasteiger partial charge is 0.0243 e. The minimum atomic E-state index is 0.692. The molecule has 1 saturated heterocycles. The van der Waals surface area contributed by atoms with Crippen LogP contribution in [0.3, 0.4) is 0 Å². The van der Waals surface area contributed by atoms with Crippen molar-refractivity contribution in [2.75, 3.05) is 6.54 Å². The molecule has 50 valence electrons. The van der Waals surface area contributed by atoms with Gasteiger partial charge >= 0.3 is 0 Å². The second-order valence-electron chi connectivity index (χ2n) is 2.42. The lowest BCUT2D eigenvalue weighted by molar-refractivity contribution is 0.623. The second-order valence-corrected chi connectivity index (χ2v) is 2.42. The molecule has 9 heavy (non-hydrogen) atoms. The summed E-state index contributed by atoms with van der Waals surface area (Å²) in [5.41, 5.74) is 0. The van der Waals surface area contributed by atoms with Crippen LogP contribution in [0.15, 0.2) is 0 Å². The van der Waals surface area contributed by atoms with Gasteiger partial charge in [0.1, 0.15) is 0 Å². The quantitative estimate of drug-likeness (QED) is 0.516. The number of hydrogen-bond donors (Lipinski definition) is 1. The maximum absolute atomic E-state index is 3.39. The molecule has 0 aromatic heterocycles. The Hall–Kier alpha value is -0.480. The molecule has 0 amide bonds. The summed E-state index contributed by atoms with van der Waals surface area (Å²) >= 11 is 0. The van der Waals surface area contributed by atoms with Crippen LogP contribution in [0, 0.1) is 11.8 Å². The fourth-order valence-corrected chi connectivity index (χ4v) is 1.16. The molecule has 1 atom stereocenters. The molecule has 1 rings (SSSR count). The molecular formula is C8H13N. The third-order valence-electron chi connectivity index (χ3n) is 1.69. The lowest BCUT2D eigenvalue weighted by atomic mass is 10.2. The maximum atomic E-state index is 3.39. The van der Waals surface area contributed by atoms with Gasteiger partial charge in [-0.25, -0.2) is 0 Å². The largest absolute Gasteiger partial charge is 0.313 e. The van der Waals surface area contributed by atoms with E-state index in [1.54, 1.807) is 0 Å². The first kappa shape index (κ1) is 6.64. The van der Waals surface area contributed by atoms with Gasteiger partial charge < -0.3 is 5.32 Å². The molecule has 1 aliphatic heterocycles. The molecule has 0 bridgehead atoms. The van der Waals surface area contributed by atoms with E-state index in [2.05, 4.69) is 17.2 Å². The summed E-state index contributed by atoms with van der Waals surface area (Å²) in [6, 6.07) is 0.692. The molecule has 0 radical (unpaired) electrons. The Kier molecular flexibility index (Phi) is 2.60. The third-order valence-corrected chi connectivity index (χ3v) is 1.69. The zero-order chi connectivity index (χ0) is 6.53. The van der Waals surface area contributed by atoms with E-state index in [0.717, 1.165) is 6.42 Å². The third kappa shape index (κ3) is 2.07. The van der Waals surface area contributed by atoms with Gasteiger partial charge in [0, 0.05) is 12.5 Å². The zero-order valence-electron chi connectivity index (χ0n) is 5.91. The average Bonchev–Trinajstić information content (AvgIpc) is 2.34. The predicted molar refractivity (Wildman–Crippen MR) is 39.1 cm³/mol. The molecule has 0 aliphatic carbocycles. The molecule has 0 saturated carbocycles. The first-order valence-electron chi connectivity index (χ1n) is 3.56. The molecule has 1 nitrogen and oxygen atoms in total. The molecule has 0 aromatic carbocycles. The Morgan fingerprint density at radius 2 is 2.56 bits per heavy atom. The summed E-state index contributed by atoms with van der Waals surface area (Å²) in [7, 11) is 0. The summed E-state index contributed by atoms with van der Waals surface area (Å²) in [5, 5.41) is 3.39. The topological polar surface area (TPSA) is 12.0 Å². The van der Waals surface area contributed by atoms with Gasteiger partial charge in [0.25, 0.3) is 0 Å². The highest BCUT2D eigenvalue weighted by Crippen LogP contribution is 2.06. The van der Waals surface area contributed by atoms with E-state index in [4.69, 9.17) is 0 Å². The van der Waals surface area contributed by atoms with E-state index < -0.39 is 0 Å². The predicted octanol–water partition coefficient (Wildman–Crippen LogP) is 1.15. The molecular weight excluding hydrogens is 110 g/mol. The minimum Gasteiger partial charge on any atom is -0.313 e. The fourth-order valence-electron chi connectivity index (χ4n) is 1.16. The molecule has 0 spiro atoms. The first-order valence-corrected chi connectivity index (χ1v) is 3.56. The minimum absolute atomic E-state index is 0.692. The summed E-state index contributed by atoms with van der Waals surface area (Å²) in [6.45, 7) is 3.09. The van der Waals surface area contributed by atoms with Crippen LogP contribution in [-0.4, -0.2) is 12.6 Å². The van der Waals surface area contributed by atoms with E-state index in [1.165, 1.54) is 19.4 Å². The van der Waals surface area contributed by atoms with Crippen LogP contribution in [0.4, 0.5) is 0 Å². The van der Waals surface area contributed by atoms with Gasteiger partial charge in [-0.15, -0.1) is 11.8 Å². The van der Waals surface area contributed by atoms with Gasteiger partial charge in [0.15, 0.2) is 0 Å². The van der Waals surface area contributed by atoms with Crippen molar-refractivity contribution in [3.63, 3.8) is 0 Å². The number of nitrogens with one attached hydrogen (secondary N) is 1. The van der Waals surface area contributed by atoms with E-state index in [1.807, 2.05) is 6.92 Å². The molecule has 1 N–H and O–H groups in total. The molecule has 0 aromatic rings. The van der Waals surface area contributed by atoms with Crippen molar-refractivity contribution in [3.05, 3.63) is 0 Å². The molecule has 1 fully saturated rings. The first-order chi connectivity index (χ1) is 4.43. The Morgan fingerprint density at radius 1 is 1.67 bits per heavy atom. The molecule has 1 unspecified atom stereocenters. The van der Waals surface area contributed by atoms with Gasteiger partial charge in [-0.1, -0.05) is 0 Å². The van der Waals surface area contributed by atoms with E-state index in [9.17, 15) is 0 Å². The van der Waals surface area contributed by atoms with Crippen LogP contribution in [0.1, 0.15) is 26.2 Å². The molecule has 1 heterocycles. The van der Waals surface area contributed by atoms with Crippen molar-refractivity contribution in [1.82, 2.24) is 5.32 Å². The molecule has 1 aliphatic rings. The van der Waals surface area contributed by atoms with Crippen molar-refractivity contribution >= 4 is 0 Å². The van der Waals surface area contributed by atoms with Crippen molar-refractivity contribution in [1.29, 1.82) is 0 Å². The van der Waals surface area contributed by atoms with Crippen LogP contribution in [0.5, 0.6) is 0 Å². The lowest BCUT2D eigenvalue weighted by Crippen LogP contribution is -2.20. The van der Waals surface area contributed by atoms with Gasteiger partial charge in [0.05, 0.1) is 0 Å². The van der Waals surface area contributed by atoms with Gasteiger partial charge in [0.2, 0.25) is 0 Å². The van der Waals surface area contributed by atoms with E-state index >= 15 is 0 Å². The Morgan fingerprint density at radius 3 is 3.11 bits per heavy atom. The standard InChI is InChI=1S/C8H13N/c1-2-3-5-8-6-4-7-9-8/h8-9H,4-7H2,1H3. The van der Waals surface area contributed by atoms with Crippen LogP contribution < -0.4 is 5.32 Å². The highest BCUT2D eigenvalue weighted by atomic mass is 14.9. The highest BCUT2D eigenvalue weighted by molar-refractivity contribution is 4.98. The van der Waals surface area contributed by atoms with E-state index in [0.29, 0.717) is 6.04 Å². The van der Waals surface area contributed by atoms with Gasteiger partial charge in [-0.05, 0) is 26.3 Å². The van der Waals surface area contributed by atoms with Gasteiger partial charge in [-0.3, -0.25) is 0 Å². The fraction of sp³-hybridized carbons (Fsp3) is 0.750. The van der Waals surface area contributed by atoms with Crippen molar-refractivity contribution in [3.8, 4) is 11.8 Å². The SMILES string of the molecule is CC#CCC1CCCN1. The number of hydrogen-bond acceptors (Lipinski definition) is 1. The Bertz CT molecular complexity index is 123. The van der Waals surface area contributed by atoms with Crippen LogP contribution in [0.2, 0.25) is 0 Å². The number of rotatable bonds is 1. The van der Waals surface area contributed by atoms with Gasteiger partial charge in [-0.2, -0.15) is 0 Å². The summed E-state index contributed by atoms with van der Waals surface area (Å²) in [4.78, 5) is 0. The van der Waals surface area contributed by atoms with E-state index in [-0.39, 0.29) is 0 Å². The monoisotopic (exact) mass is 123 g/mol. The highest BCUT2D eigenvalue weighted by Gasteiger charge is 2.11. The summed E-state index contributed by atoms with van der Waals surface area (Å²) in [5.74, 6) is 5.98. The van der Waals surface area contributed by atoms with Crippen LogP contribution >= 0.6 is 0 Å². The Balaban J connectivity index is 2.16. The second kappa shape index (κ2) is 3.53. The molecule has 1 heteroatoms. The summed E-state index contributed by atoms with van der Waals surface area (Å²) < 4.78 is 0. The zero-order valence-corrected chi connectivity index (χ0v) is 5.91. The van der Waals surface area contributed by atoms with Crippen LogP contribution in [0.25, 0.3) is 0 Å². The average molecular weight is 123 g/mol.